The largest absolute Gasteiger partial charge is 0.507 e. The zero-order chi connectivity index (χ0) is 23.7. The molecule has 0 aliphatic carbocycles. The van der Waals surface area contributed by atoms with Crippen molar-refractivity contribution in [2.75, 3.05) is 33.8 Å². The number of likely N-dealkylation sites (tertiary alicyclic amines) is 1. The van der Waals surface area contributed by atoms with Gasteiger partial charge in [-0.1, -0.05) is 0 Å². The molecule has 9 heteroatoms. The third kappa shape index (κ3) is 4.08. The molecule has 0 radical (unpaired) electrons. The molecule has 2 aromatic rings. The Morgan fingerprint density at radius 2 is 1.94 bits per heavy atom. The van der Waals surface area contributed by atoms with Gasteiger partial charge in [-0.05, 0) is 59.5 Å². The third-order valence-electron chi connectivity index (χ3n) is 5.51. The SMILES string of the molecule is CCOC(=O)c1[nH]c(C)c(C(O)=C2C(=O)C(=O)N(CCN(C)C)[C@@H]2c2ccc(C)o2)c1C. The lowest BCUT2D eigenvalue weighted by Gasteiger charge is -2.24. The van der Waals surface area contributed by atoms with Crippen LogP contribution in [0.3, 0.4) is 0 Å². The minimum atomic E-state index is -0.872. The molecule has 3 heterocycles. The highest BCUT2D eigenvalue weighted by Crippen LogP contribution is 2.41. The number of hydrogen-bond acceptors (Lipinski definition) is 7. The number of amides is 1. The van der Waals surface area contributed by atoms with Gasteiger partial charge in [0.1, 0.15) is 29.0 Å². The first-order valence-electron chi connectivity index (χ1n) is 10.4. The van der Waals surface area contributed by atoms with Gasteiger partial charge < -0.3 is 29.0 Å². The number of ether oxygens (including phenoxy) is 1. The molecule has 0 unspecified atom stereocenters. The second kappa shape index (κ2) is 9.04. The van der Waals surface area contributed by atoms with Crippen molar-refractivity contribution in [2.24, 2.45) is 0 Å². The van der Waals surface area contributed by atoms with Crippen LogP contribution in [0, 0.1) is 20.8 Å². The number of aromatic amines is 1. The lowest BCUT2D eigenvalue weighted by atomic mass is 9.97. The van der Waals surface area contributed by atoms with Gasteiger partial charge >= 0.3 is 5.97 Å². The first kappa shape index (κ1) is 23.3. The monoisotopic (exact) mass is 443 g/mol. The van der Waals surface area contributed by atoms with Crippen LogP contribution in [0.1, 0.15) is 51.8 Å². The summed E-state index contributed by atoms with van der Waals surface area (Å²) in [6, 6.07) is 2.57. The summed E-state index contributed by atoms with van der Waals surface area (Å²) in [6.45, 7) is 7.80. The summed E-state index contributed by atoms with van der Waals surface area (Å²) in [7, 11) is 3.73. The molecule has 0 spiro atoms. The Hall–Kier alpha value is -3.33. The van der Waals surface area contributed by atoms with E-state index in [4.69, 9.17) is 9.15 Å². The first-order valence-corrected chi connectivity index (χ1v) is 10.4. The van der Waals surface area contributed by atoms with Crippen molar-refractivity contribution in [1.29, 1.82) is 0 Å². The van der Waals surface area contributed by atoms with E-state index in [2.05, 4.69) is 4.98 Å². The minimum Gasteiger partial charge on any atom is -0.507 e. The number of aromatic nitrogens is 1. The Kier molecular flexibility index (Phi) is 6.59. The number of nitrogens with one attached hydrogen (secondary N) is 1. The van der Waals surface area contributed by atoms with Crippen molar-refractivity contribution in [1.82, 2.24) is 14.8 Å². The highest BCUT2D eigenvalue weighted by atomic mass is 16.5. The summed E-state index contributed by atoms with van der Waals surface area (Å²) in [4.78, 5) is 44.5. The lowest BCUT2D eigenvalue weighted by Crippen LogP contribution is -2.35. The smallest absolute Gasteiger partial charge is 0.355 e. The molecule has 172 valence electrons. The zero-order valence-corrected chi connectivity index (χ0v) is 19.2. The first-order chi connectivity index (χ1) is 15.1. The molecule has 0 aromatic carbocycles. The van der Waals surface area contributed by atoms with Crippen molar-refractivity contribution in [3.8, 4) is 0 Å². The molecule has 1 fully saturated rings. The quantitative estimate of drug-likeness (QED) is 0.292. The molecule has 1 amide bonds. The second-order valence-corrected chi connectivity index (χ2v) is 8.09. The van der Waals surface area contributed by atoms with Gasteiger partial charge in [0.15, 0.2) is 0 Å². The Morgan fingerprint density at radius 1 is 1.25 bits per heavy atom. The van der Waals surface area contributed by atoms with E-state index in [1.807, 2.05) is 19.0 Å². The number of hydrogen-bond donors (Lipinski definition) is 2. The number of H-pyrrole nitrogens is 1. The molecule has 2 aromatic heterocycles. The van der Waals surface area contributed by atoms with Crippen molar-refractivity contribution in [3.05, 3.63) is 51.7 Å². The summed E-state index contributed by atoms with van der Waals surface area (Å²) in [5.41, 5.74) is 1.35. The van der Waals surface area contributed by atoms with Gasteiger partial charge in [0.25, 0.3) is 11.7 Å². The molecule has 0 saturated carbocycles. The number of carbonyl (C=O) groups excluding carboxylic acids is 3. The van der Waals surface area contributed by atoms with Crippen LogP contribution < -0.4 is 0 Å². The Morgan fingerprint density at radius 3 is 2.50 bits per heavy atom. The molecule has 1 aliphatic rings. The fourth-order valence-corrected chi connectivity index (χ4v) is 3.96. The van der Waals surface area contributed by atoms with E-state index in [0.717, 1.165) is 0 Å². The molecule has 3 rings (SSSR count). The van der Waals surface area contributed by atoms with Gasteiger partial charge in [0.2, 0.25) is 0 Å². The molecular formula is C23H29N3O6. The average molecular weight is 444 g/mol. The lowest BCUT2D eigenvalue weighted by molar-refractivity contribution is -0.140. The fourth-order valence-electron chi connectivity index (χ4n) is 3.96. The minimum absolute atomic E-state index is 0.0660. The van der Waals surface area contributed by atoms with Crippen molar-refractivity contribution >= 4 is 23.4 Å². The van der Waals surface area contributed by atoms with Crippen molar-refractivity contribution < 1.29 is 28.6 Å². The Balaban J connectivity index is 2.17. The summed E-state index contributed by atoms with van der Waals surface area (Å²) in [5.74, 6) is -1.40. The van der Waals surface area contributed by atoms with Crippen molar-refractivity contribution in [2.45, 2.75) is 33.7 Å². The molecule has 2 N–H and O–H groups in total. The number of Topliss-reactive ketones (excluding diaryl/α,β-unsaturated/α-hetero) is 1. The average Bonchev–Trinajstić information content (AvgIpc) is 3.35. The number of esters is 1. The molecule has 0 bridgehead atoms. The van der Waals surface area contributed by atoms with Crippen LogP contribution in [0.4, 0.5) is 0 Å². The number of ketones is 1. The molecule has 9 nitrogen and oxygen atoms in total. The van der Waals surface area contributed by atoms with Crippen LogP contribution in [0.5, 0.6) is 0 Å². The van der Waals surface area contributed by atoms with E-state index in [-0.39, 0.29) is 30.2 Å². The number of carbonyl (C=O) groups is 3. The molecule has 32 heavy (non-hydrogen) atoms. The highest BCUT2D eigenvalue weighted by molar-refractivity contribution is 6.46. The summed E-state index contributed by atoms with van der Waals surface area (Å²) < 4.78 is 10.8. The molecular weight excluding hydrogens is 414 g/mol. The number of furan rings is 1. The molecule has 1 saturated heterocycles. The predicted octanol–water partition coefficient (Wildman–Crippen LogP) is 2.69. The van der Waals surface area contributed by atoms with Crippen LogP contribution in [0.2, 0.25) is 0 Å². The van der Waals surface area contributed by atoms with E-state index >= 15 is 0 Å². The predicted molar refractivity (Wildman–Crippen MR) is 117 cm³/mol. The molecule has 1 aliphatic heterocycles. The second-order valence-electron chi connectivity index (χ2n) is 8.09. The van der Waals surface area contributed by atoms with E-state index in [1.54, 1.807) is 39.8 Å². The number of aliphatic hydroxyl groups is 1. The third-order valence-corrected chi connectivity index (χ3v) is 5.51. The van der Waals surface area contributed by atoms with Crippen LogP contribution in [-0.2, 0) is 14.3 Å². The topological polar surface area (TPSA) is 116 Å². The van der Waals surface area contributed by atoms with Crippen LogP contribution in [0.25, 0.3) is 5.76 Å². The Bertz CT molecular complexity index is 1090. The number of aliphatic hydroxyl groups excluding tert-OH is 1. The van der Waals surface area contributed by atoms with Crippen LogP contribution in [0.15, 0.2) is 22.1 Å². The highest BCUT2D eigenvalue weighted by Gasteiger charge is 2.47. The van der Waals surface area contributed by atoms with Gasteiger partial charge in [0.05, 0.1) is 12.2 Å². The van der Waals surface area contributed by atoms with Gasteiger partial charge in [0, 0.05) is 24.3 Å². The Labute approximate surface area is 186 Å². The maximum atomic E-state index is 13.1. The van der Waals surface area contributed by atoms with E-state index in [0.29, 0.717) is 34.9 Å². The van der Waals surface area contributed by atoms with Crippen molar-refractivity contribution in [3.63, 3.8) is 0 Å². The maximum absolute atomic E-state index is 13.1. The number of aryl methyl sites for hydroxylation is 2. The van der Waals surface area contributed by atoms with Gasteiger partial charge in [-0.25, -0.2) is 4.79 Å². The standard InChI is InChI=1S/C23H29N3O6/c1-7-31-23(30)18-13(3)16(14(4)24-18)20(27)17-19(15-9-8-12(2)32-15)26(11-10-25(5)6)22(29)21(17)28/h8-9,19,24,27H,7,10-11H2,1-6H3/t19-/m1/s1. The van der Waals surface area contributed by atoms with E-state index in [1.165, 1.54) is 4.90 Å². The summed E-state index contributed by atoms with van der Waals surface area (Å²) in [6.07, 6.45) is 0. The normalized spacial score (nSPS) is 18.1. The summed E-state index contributed by atoms with van der Waals surface area (Å²) >= 11 is 0. The van der Waals surface area contributed by atoms with Crippen LogP contribution in [-0.4, -0.2) is 71.3 Å². The number of nitrogens with zero attached hydrogens (tertiary/aromatic N) is 2. The molecule has 1 atom stereocenters. The van der Waals surface area contributed by atoms with E-state index < -0.39 is 23.7 Å². The number of likely N-dealkylation sites (N-methyl/N-ethyl adjacent to an activating group) is 1. The van der Waals surface area contributed by atoms with Crippen LogP contribution >= 0.6 is 0 Å². The van der Waals surface area contributed by atoms with Gasteiger partial charge in [-0.15, -0.1) is 0 Å². The zero-order valence-electron chi connectivity index (χ0n) is 19.2. The maximum Gasteiger partial charge on any atom is 0.355 e. The fraction of sp³-hybridized carbons (Fsp3) is 0.435. The van der Waals surface area contributed by atoms with Gasteiger partial charge in [-0.3, -0.25) is 9.59 Å². The number of rotatable bonds is 7. The van der Waals surface area contributed by atoms with E-state index in [9.17, 15) is 19.5 Å². The summed E-state index contributed by atoms with van der Waals surface area (Å²) in [5, 5.41) is 11.3. The van der Waals surface area contributed by atoms with Gasteiger partial charge in [-0.2, -0.15) is 0 Å².